The van der Waals surface area contributed by atoms with Gasteiger partial charge in [0.15, 0.2) is 0 Å². The molecule has 1 N–H and O–H groups in total. The topological polar surface area (TPSA) is 73.5 Å². The molecule has 1 atom stereocenters. The summed E-state index contributed by atoms with van der Waals surface area (Å²) in [5.41, 5.74) is 2.81. The Balaban J connectivity index is 1.38. The fourth-order valence-corrected chi connectivity index (χ4v) is 4.34. The van der Waals surface area contributed by atoms with E-state index in [1.54, 1.807) is 0 Å². The summed E-state index contributed by atoms with van der Waals surface area (Å²) >= 11 is 0. The van der Waals surface area contributed by atoms with E-state index < -0.39 is 5.92 Å². The van der Waals surface area contributed by atoms with Gasteiger partial charge in [0, 0.05) is 50.2 Å². The van der Waals surface area contributed by atoms with Gasteiger partial charge in [-0.1, -0.05) is 19.1 Å². The average molecular weight is 381 g/mol. The molecule has 1 unspecified atom stereocenters. The Morgan fingerprint density at radius 2 is 1.93 bits per heavy atom. The summed E-state index contributed by atoms with van der Waals surface area (Å²) in [6, 6.07) is 8.18. The van der Waals surface area contributed by atoms with E-state index in [2.05, 4.69) is 22.0 Å². The first kappa shape index (κ1) is 18.9. The monoisotopic (exact) mass is 381 g/mol. The first-order chi connectivity index (χ1) is 13.5. The van der Waals surface area contributed by atoms with Gasteiger partial charge in [-0.25, -0.2) is 0 Å². The number of H-pyrrole nitrogens is 1. The molecule has 0 spiro atoms. The van der Waals surface area contributed by atoms with Gasteiger partial charge < -0.3 is 9.88 Å². The number of ketones is 1. The van der Waals surface area contributed by atoms with Crippen molar-refractivity contribution in [3.8, 4) is 0 Å². The van der Waals surface area contributed by atoms with Crippen molar-refractivity contribution >= 4 is 22.6 Å². The molecule has 6 heteroatoms. The summed E-state index contributed by atoms with van der Waals surface area (Å²) in [7, 11) is 0. The highest BCUT2D eigenvalue weighted by molar-refractivity contribution is 6.02. The van der Waals surface area contributed by atoms with Gasteiger partial charge in [0.05, 0.1) is 5.92 Å². The Hall–Kier alpha value is -2.47. The number of carbonyl (C=O) groups excluding carboxylic acids is 2. The Morgan fingerprint density at radius 1 is 1.14 bits per heavy atom. The van der Waals surface area contributed by atoms with Crippen LogP contribution in [0.3, 0.4) is 0 Å². The standard InChI is InChI=1S/C22H27N3O3/c1-2-16-13-17-7-6-15(12-19(17)23-21(16)27)14-24-8-10-25(11-9-24)22(28)18-4-3-5-20(18)26/h6-7,12-13,18H,2-5,8-11,14H2,1H3,(H,23,27). The molecule has 2 aromatic rings. The predicted molar refractivity (Wildman–Crippen MR) is 108 cm³/mol. The number of fused-ring (bicyclic) bond motifs is 1. The molecule has 1 aliphatic carbocycles. The Kier molecular flexibility index (Phi) is 5.31. The Labute approximate surface area is 164 Å². The Morgan fingerprint density at radius 3 is 2.61 bits per heavy atom. The van der Waals surface area contributed by atoms with Crippen molar-refractivity contribution in [3.05, 3.63) is 45.7 Å². The van der Waals surface area contributed by atoms with Crippen LogP contribution < -0.4 is 5.56 Å². The lowest BCUT2D eigenvalue weighted by Gasteiger charge is -2.35. The normalized spacial score (nSPS) is 20.8. The van der Waals surface area contributed by atoms with Crippen LogP contribution in [0.15, 0.2) is 29.1 Å². The van der Waals surface area contributed by atoms with Gasteiger partial charge in [0.2, 0.25) is 5.91 Å². The van der Waals surface area contributed by atoms with E-state index in [0.29, 0.717) is 25.9 Å². The number of nitrogens with one attached hydrogen (secondary N) is 1. The molecule has 0 bridgehead atoms. The molecule has 148 valence electrons. The number of aromatic amines is 1. The molecule has 6 nitrogen and oxygen atoms in total. The quantitative estimate of drug-likeness (QED) is 0.823. The molecular weight excluding hydrogens is 354 g/mol. The third kappa shape index (κ3) is 3.74. The second kappa shape index (κ2) is 7.87. The number of nitrogens with zero attached hydrogens (tertiary/aromatic N) is 2. The van der Waals surface area contributed by atoms with Crippen LogP contribution in [0.5, 0.6) is 0 Å². The summed E-state index contributed by atoms with van der Waals surface area (Å²) in [5, 5.41) is 1.05. The van der Waals surface area contributed by atoms with E-state index in [9.17, 15) is 14.4 Å². The minimum atomic E-state index is -0.392. The minimum absolute atomic E-state index is 0.0132. The van der Waals surface area contributed by atoms with E-state index in [1.165, 1.54) is 0 Å². The van der Waals surface area contributed by atoms with Gasteiger partial charge in [-0.15, -0.1) is 0 Å². The maximum absolute atomic E-state index is 12.6. The van der Waals surface area contributed by atoms with Crippen LogP contribution in [0.2, 0.25) is 0 Å². The number of amides is 1. The molecule has 1 saturated carbocycles. The molecule has 2 fully saturated rings. The number of hydrogen-bond donors (Lipinski definition) is 1. The number of rotatable bonds is 4. The summed E-state index contributed by atoms with van der Waals surface area (Å²) in [6.45, 7) is 5.72. The number of carbonyl (C=O) groups is 2. The SMILES string of the molecule is CCc1cc2ccc(CN3CCN(C(=O)C4CCCC4=O)CC3)cc2[nH]c1=O. The van der Waals surface area contributed by atoms with Gasteiger partial charge in [0.1, 0.15) is 5.78 Å². The van der Waals surface area contributed by atoms with Crippen molar-refractivity contribution in [1.29, 1.82) is 0 Å². The van der Waals surface area contributed by atoms with Crippen molar-refractivity contribution in [2.45, 2.75) is 39.2 Å². The molecule has 0 radical (unpaired) electrons. The molecule has 1 aromatic heterocycles. The fourth-order valence-electron chi connectivity index (χ4n) is 4.34. The number of hydrogen-bond acceptors (Lipinski definition) is 4. The summed E-state index contributed by atoms with van der Waals surface area (Å²) in [5.74, 6) is -0.252. The van der Waals surface area contributed by atoms with E-state index in [-0.39, 0.29) is 17.2 Å². The maximum Gasteiger partial charge on any atom is 0.251 e. The first-order valence-electron chi connectivity index (χ1n) is 10.2. The van der Waals surface area contributed by atoms with Crippen molar-refractivity contribution in [1.82, 2.24) is 14.8 Å². The minimum Gasteiger partial charge on any atom is -0.340 e. The molecule has 1 aromatic carbocycles. The summed E-state index contributed by atoms with van der Waals surface area (Å²) in [4.78, 5) is 43.6. The van der Waals surface area contributed by atoms with Crippen LogP contribution in [0, 0.1) is 5.92 Å². The highest BCUT2D eigenvalue weighted by Crippen LogP contribution is 2.24. The van der Waals surface area contributed by atoms with Gasteiger partial charge in [-0.3, -0.25) is 19.3 Å². The molecule has 1 saturated heterocycles. The second-order valence-corrected chi connectivity index (χ2v) is 7.91. The molecule has 1 amide bonds. The van der Waals surface area contributed by atoms with E-state index in [0.717, 1.165) is 54.5 Å². The molecule has 4 rings (SSSR count). The fraction of sp³-hybridized carbons (Fsp3) is 0.500. The van der Waals surface area contributed by atoms with Gasteiger partial charge in [-0.05, 0) is 42.3 Å². The number of pyridine rings is 1. The summed E-state index contributed by atoms with van der Waals surface area (Å²) in [6.07, 6.45) is 2.84. The first-order valence-corrected chi connectivity index (χ1v) is 10.2. The number of benzene rings is 1. The largest absolute Gasteiger partial charge is 0.340 e. The zero-order valence-corrected chi connectivity index (χ0v) is 16.4. The number of piperazine rings is 1. The molecule has 1 aliphatic heterocycles. The highest BCUT2D eigenvalue weighted by Gasteiger charge is 2.35. The van der Waals surface area contributed by atoms with Crippen LogP contribution in [0.4, 0.5) is 0 Å². The lowest BCUT2D eigenvalue weighted by molar-refractivity contribution is -0.141. The van der Waals surface area contributed by atoms with Crippen LogP contribution in [0.25, 0.3) is 10.9 Å². The van der Waals surface area contributed by atoms with E-state index >= 15 is 0 Å². The van der Waals surface area contributed by atoms with Gasteiger partial charge in [-0.2, -0.15) is 0 Å². The predicted octanol–water partition coefficient (Wildman–Crippen LogP) is 2.10. The third-order valence-corrected chi connectivity index (χ3v) is 6.06. The number of aromatic nitrogens is 1. The molecule has 2 aliphatic rings. The van der Waals surface area contributed by atoms with Crippen molar-refractivity contribution < 1.29 is 9.59 Å². The van der Waals surface area contributed by atoms with Crippen LogP contribution in [-0.4, -0.2) is 52.7 Å². The van der Waals surface area contributed by atoms with Gasteiger partial charge >= 0.3 is 0 Å². The Bertz CT molecular complexity index is 957. The zero-order valence-electron chi connectivity index (χ0n) is 16.4. The van der Waals surface area contributed by atoms with E-state index in [4.69, 9.17) is 0 Å². The molecule has 2 heterocycles. The number of Topliss-reactive ketones (excluding diaryl/α,β-unsaturated/α-hetero) is 1. The maximum atomic E-state index is 12.6. The second-order valence-electron chi connectivity index (χ2n) is 7.91. The smallest absolute Gasteiger partial charge is 0.251 e. The van der Waals surface area contributed by atoms with Crippen molar-refractivity contribution in [2.24, 2.45) is 5.92 Å². The van der Waals surface area contributed by atoms with E-state index in [1.807, 2.05) is 24.0 Å². The molecular formula is C22H27N3O3. The van der Waals surface area contributed by atoms with Crippen LogP contribution in [-0.2, 0) is 22.6 Å². The number of aryl methyl sites for hydroxylation is 1. The van der Waals surface area contributed by atoms with Crippen molar-refractivity contribution in [3.63, 3.8) is 0 Å². The average Bonchev–Trinajstić information content (AvgIpc) is 3.13. The van der Waals surface area contributed by atoms with Crippen molar-refractivity contribution in [2.75, 3.05) is 26.2 Å². The lowest BCUT2D eigenvalue weighted by atomic mass is 10.0. The van der Waals surface area contributed by atoms with Crippen LogP contribution >= 0.6 is 0 Å². The summed E-state index contributed by atoms with van der Waals surface area (Å²) < 4.78 is 0. The van der Waals surface area contributed by atoms with Gasteiger partial charge in [0.25, 0.3) is 5.56 Å². The zero-order chi connectivity index (χ0) is 19.7. The lowest BCUT2D eigenvalue weighted by Crippen LogP contribution is -2.50. The molecule has 28 heavy (non-hydrogen) atoms. The third-order valence-electron chi connectivity index (χ3n) is 6.06. The highest BCUT2D eigenvalue weighted by atomic mass is 16.2. The van der Waals surface area contributed by atoms with Crippen LogP contribution in [0.1, 0.15) is 37.3 Å².